The highest BCUT2D eigenvalue weighted by Gasteiger charge is 2.41. The van der Waals surface area contributed by atoms with Crippen molar-refractivity contribution in [2.75, 3.05) is 13.2 Å². The molecular weight excluding hydrogens is 259 g/mol. The second-order valence-electron chi connectivity index (χ2n) is 4.64. The van der Waals surface area contributed by atoms with Crippen LogP contribution in [0.4, 0.5) is 13.2 Å². The van der Waals surface area contributed by atoms with Gasteiger partial charge < -0.3 is 10.5 Å². The van der Waals surface area contributed by atoms with Crippen molar-refractivity contribution < 1.29 is 22.7 Å². The second-order valence-corrected chi connectivity index (χ2v) is 4.64. The summed E-state index contributed by atoms with van der Waals surface area (Å²) >= 11 is 0. The van der Waals surface area contributed by atoms with E-state index in [4.69, 9.17) is 10.5 Å². The van der Waals surface area contributed by atoms with E-state index >= 15 is 0 Å². The van der Waals surface area contributed by atoms with Crippen LogP contribution in [-0.2, 0) is 10.9 Å². The molecule has 1 aromatic carbocycles. The average molecular weight is 273 g/mol. The quantitative estimate of drug-likeness (QED) is 0.842. The van der Waals surface area contributed by atoms with Gasteiger partial charge in [-0.3, -0.25) is 4.79 Å². The number of nitrogens with two attached hydrogens (primary N) is 1. The van der Waals surface area contributed by atoms with E-state index in [9.17, 15) is 18.0 Å². The highest BCUT2D eigenvalue weighted by Crippen LogP contribution is 2.34. The highest BCUT2D eigenvalue weighted by atomic mass is 19.4. The normalized spacial score (nSPS) is 19.2. The van der Waals surface area contributed by atoms with Crippen molar-refractivity contribution in [3.63, 3.8) is 0 Å². The molecule has 0 saturated carbocycles. The molecule has 1 aliphatic heterocycles. The summed E-state index contributed by atoms with van der Waals surface area (Å²) in [7, 11) is 0. The fourth-order valence-electron chi connectivity index (χ4n) is 2.16. The van der Waals surface area contributed by atoms with E-state index in [2.05, 4.69) is 0 Å². The molecule has 0 unspecified atom stereocenters. The van der Waals surface area contributed by atoms with Gasteiger partial charge in [-0.05, 0) is 18.9 Å². The first-order valence-corrected chi connectivity index (χ1v) is 5.92. The first-order valence-electron chi connectivity index (χ1n) is 5.92. The molecule has 1 aliphatic rings. The predicted molar refractivity (Wildman–Crippen MR) is 62.7 cm³/mol. The summed E-state index contributed by atoms with van der Waals surface area (Å²) in [5, 5.41) is 0. The van der Waals surface area contributed by atoms with Gasteiger partial charge in [-0.15, -0.1) is 0 Å². The molecule has 6 heteroatoms. The van der Waals surface area contributed by atoms with E-state index in [0.717, 1.165) is 6.07 Å². The van der Waals surface area contributed by atoms with E-state index in [0.29, 0.717) is 0 Å². The average Bonchev–Trinajstić information content (AvgIpc) is 2.38. The lowest BCUT2D eigenvalue weighted by molar-refractivity contribution is -0.138. The van der Waals surface area contributed by atoms with Gasteiger partial charge in [0.05, 0.1) is 11.1 Å². The minimum atomic E-state index is -4.56. The molecule has 1 heterocycles. The van der Waals surface area contributed by atoms with Gasteiger partial charge in [-0.1, -0.05) is 18.2 Å². The maximum Gasteiger partial charge on any atom is 0.417 e. The lowest BCUT2D eigenvalue weighted by atomic mass is 9.82. The Balaban J connectivity index is 2.39. The van der Waals surface area contributed by atoms with E-state index in [1.807, 2.05) is 0 Å². The zero-order chi connectivity index (χ0) is 14.1. The number of rotatable bonds is 2. The summed E-state index contributed by atoms with van der Waals surface area (Å²) in [6.07, 6.45) is -4.09. The molecule has 0 radical (unpaired) electrons. The van der Waals surface area contributed by atoms with Gasteiger partial charge in [0.15, 0.2) is 5.78 Å². The van der Waals surface area contributed by atoms with Crippen LogP contribution in [0.1, 0.15) is 28.8 Å². The monoisotopic (exact) mass is 273 g/mol. The summed E-state index contributed by atoms with van der Waals surface area (Å²) in [5.41, 5.74) is 3.39. The number of hydrogen-bond donors (Lipinski definition) is 1. The molecule has 1 saturated heterocycles. The maximum absolute atomic E-state index is 12.9. The van der Waals surface area contributed by atoms with E-state index < -0.39 is 23.1 Å². The van der Waals surface area contributed by atoms with Gasteiger partial charge in [0, 0.05) is 18.8 Å². The molecule has 2 N–H and O–H groups in total. The fourth-order valence-corrected chi connectivity index (χ4v) is 2.16. The number of benzene rings is 1. The SMILES string of the molecule is NC1(C(=O)c2ccccc2C(F)(F)F)CCOCC1. The largest absolute Gasteiger partial charge is 0.417 e. The second kappa shape index (κ2) is 4.94. The Morgan fingerprint density at radius 3 is 2.37 bits per heavy atom. The van der Waals surface area contributed by atoms with Crippen molar-refractivity contribution in [3.05, 3.63) is 35.4 Å². The smallest absolute Gasteiger partial charge is 0.381 e. The summed E-state index contributed by atoms with van der Waals surface area (Å²) in [4.78, 5) is 12.3. The van der Waals surface area contributed by atoms with E-state index in [1.165, 1.54) is 18.2 Å². The molecule has 0 aromatic heterocycles. The van der Waals surface area contributed by atoms with Gasteiger partial charge in [-0.2, -0.15) is 13.2 Å². The Labute approximate surface area is 108 Å². The topological polar surface area (TPSA) is 52.3 Å². The molecule has 0 amide bonds. The first-order chi connectivity index (χ1) is 8.84. The molecule has 0 spiro atoms. The molecule has 2 rings (SSSR count). The molecule has 0 bridgehead atoms. The number of Topliss-reactive ketones (excluding diaryl/α,β-unsaturated/α-hetero) is 1. The van der Waals surface area contributed by atoms with Crippen LogP contribution in [0.15, 0.2) is 24.3 Å². The van der Waals surface area contributed by atoms with Crippen molar-refractivity contribution in [1.29, 1.82) is 0 Å². The third-order valence-corrected chi connectivity index (χ3v) is 3.31. The maximum atomic E-state index is 12.9. The summed E-state index contributed by atoms with van der Waals surface area (Å²) in [5.74, 6) is -0.663. The predicted octanol–water partition coefficient (Wildman–Crippen LogP) is 2.40. The zero-order valence-electron chi connectivity index (χ0n) is 10.2. The van der Waals surface area contributed by atoms with Crippen LogP contribution in [-0.4, -0.2) is 24.5 Å². The Morgan fingerprint density at radius 1 is 1.21 bits per heavy atom. The standard InChI is InChI=1S/C13H14F3NO2/c14-13(15,16)10-4-2-1-3-9(10)11(18)12(17)5-7-19-8-6-12/h1-4H,5-8,17H2. The molecule has 3 nitrogen and oxygen atoms in total. The van der Waals surface area contributed by atoms with Crippen LogP contribution in [0.25, 0.3) is 0 Å². The van der Waals surface area contributed by atoms with Crippen molar-refractivity contribution in [3.8, 4) is 0 Å². The van der Waals surface area contributed by atoms with Crippen LogP contribution in [0.3, 0.4) is 0 Å². The van der Waals surface area contributed by atoms with E-state index in [1.54, 1.807) is 0 Å². The van der Waals surface area contributed by atoms with Crippen LogP contribution in [0, 0.1) is 0 Å². The summed E-state index contributed by atoms with van der Waals surface area (Å²) in [6, 6.07) is 4.74. The van der Waals surface area contributed by atoms with Crippen LogP contribution in [0.2, 0.25) is 0 Å². The van der Waals surface area contributed by atoms with Gasteiger partial charge in [0.25, 0.3) is 0 Å². The summed E-state index contributed by atoms with van der Waals surface area (Å²) in [6.45, 7) is 0.576. The van der Waals surface area contributed by atoms with Crippen molar-refractivity contribution in [1.82, 2.24) is 0 Å². The first kappa shape index (κ1) is 14.0. The molecule has 1 fully saturated rings. The van der Waals surface area contributed by atoms with Crippen molar-refractivity contribution in [2.45, 2.75) is 24.6 Å². The number of alkyl halides is 3. The zero-order valence-corrected chi connectivity index (χ0v) is 10.2. The van der Waals surface area contributed by atoms with Crippen molar-refractivity contribution >= 4 is 5.78 Å². The molecule has 104 valence electrons. The van der Waals surface area contributed by atoms with Crippen LogP contribution < -0.4 is 5.73 Å². The van der Waals surface area contributed by atoms with Gasteiger partial charge in [0.1, 0.15) is 0 Å². The number of halogens is 3. The molecule has 0 aliphatic carbocycles. The van der Waals surface area contributed by atoms with Gasteiger partial charge >= 0.3 is 6.18 Å². The van der Waals surface area contributed by atoms with Gasteiger partial charge in [-0.25, -0.2) is 0 Å². The Morgan fingerprint density at radius 2 is 1.79 bits per heavy atom. The Kier molecular flexibility index (Phi) is 3.64. The number of carbonyl (C=O) groups excluding carboxylic acids is 1. The lowest BCUT2D eigenvalue weighted by Gasteiger charge is -2.32. The number of hydrogen-bond acceptors (Lipinski definition) is 3. The van der Waals surface area contributed by atoms with Crippen LogP contribution >= 0.6 is 0 Å². The molecule has 19 heavy (non-hydrogen) atoms. The molecular formula is C13H14F3NO2. The van der Waals surface area contributed by atoms with E-state index in [-0.39, 0.29) is 31.6 Å². The number of ketones is 1. The highest BCUT2D eigenvalue weighted by molar-refractivity contribution is 6.04. The molecule has 1 aromatic rings. The van der Waals surface area contributed by atoms with Gasteiger partial charge in [0.2, 0.25) is 0 Å². The van der Waals surface area contributed by atoms with Crippen LogP contribution in [0.5, 0.6) is 0 Å². The molecule has 0 atom stereocenters. The minimum absolute atomic E-state index is 0.234. The lowest BCUT2D eigenvalue weighted by Crippen LogP contribution is -2.52. The fraction of sp³-hybridized carbons (Fsp3) is 0.462. The summed E-state index contributed by atoms with van der Waals surface area (Å²) < 4.78 is 43.7. The van der Waals surface area contributed by atoms with Crippen molar-refractivity contribution in [2.24, 2.45) is 5.73 Å². The third-order valence-electron chi connectivity index (χ3n) is 3.31. The Bertz CT molecular complexity index is 479. The number of carbonyl (C=O) groups is 1. The number of ether oxygens (including phenoxy) is 1. The minimum Gasteiger partial charge on any atom is -0.381 e. The Hall–Kier alpha value is -1.40. The third kappa shape index (κ3) is 2.79.